The van der Waals surface area contributed by atoms with Gasteiger partial charge < -0.3 is 10.3 Å². The molecule has 5 heteroatoms. The van der Waals surface area contributed by atoms with E-state index in [1.54, 1.807) is 31.2 Å². The highest BCUT2D eigenvalue weighted by Crippen LogP contribution is 2.15. The van der Waals surface area contributed by atoms with Gasteiger partial charge in [0.2, 0.25) is 5.91 Å². The van der Waals surface area contributed by atoms with E-state index >= 15 is 0 Å². The van der Waals surface area contributed by atoms with Crippen LogP contribution in [0, 0.1) is 0 Å². The van der Waals surface area contributed by atoms with E-state index in [-0.39, 0.29) is 17.6 Å². The summed E-state index contributed by atoms with van der Waals surface area (Å²) in [6.45, 7) is 1.72. The summed E-state index contributed by atoms with van der Waals surface area (Å²) in [5, 5.41) is 0. The highest BCUT2D eigenvalue weighted by Gasteiger charge is 2.10. The molecule has 0 saturated heterocycles. The summed E-state index contributed by atoms with van der Waals surface area (Å²) in [5.74, 6) is -0.613. The first-order valence-corrected chi connectivity index (χ1v) is 5.74. The Balaban J connectivity index is 2.80. The zero-order chi connectivity index (χ0) is 11.4. The lowest BCUT2D eigenvalue weighted by Crippen LogP contribution is -2.18. The molecule has 0 fully saturated rings. The van der Waals surface area contributed by atoms with Crippen molar-refractivity contribution in [2.24, 2.45) is 5.73 Å². The van der Waals surface area contributed by atoms with E-state index in [1.807, 2.05) is 0 Å². The summed E-state index contributed by atoms with van der Waals surface area (Å²) in [5.41, 5.74) is 6.73. The quantitative estimate of drug-likeness (QED) is 0.753. The van der Waals surface area contributed by atoms with E-state index in [4.69, 9.17) is 10.3 Å². The molecular weight excluding hydrogens is 214 g/mol. The Bertz CT molecular complexity index is 375. The minimum absolute atomic E-state index is 0.102. The zero-order valence-corrected chi connectivity index (χ0v) is 9.16. The van der Waals surface area contributed by atoms with Crippen molar-refractivity contribution in [2.45, 2.75) is 18.6 Å². The van der Waals surface area contributed by atoms with E-state index in [9.17, 15) is 9.00 Å². The van der Waals surface area contributed by atoms with Crippen LogP contribution in [-0.2, 0) is 21.6 Å². The van der Waals surface area contributed by atoms with Gasteiger partial charge in [-0.05, 0) is 18.1 Å². The van der Waals surface area contributed by atoms with Gasteiger partial charge in [-0.3, -0.25) is 4.79 Å². The summed E-state index contributed by atoms with van der Waals surface area (Å²) in [7, 11) is 0. The van der Waals surface area contributed by atoms with Gasteiger partial charge in [-0.15, -0.1) is 0 Å². The standard InChI is InChI=1S/C10H13NO3S/c1-7(10(11)12)9-4-2-8(3-5-9)6-15(13)14/h2-5,7H,6H2,1H3,(H2,11,12)(H,13,14). The topological polar surface area (TPSA) is 80.4 Å². The van der Waals surface area contributed by atoms with Gasteiger partial charge in [-0.2, -0.15) is 0 Å². The van der Waals surface area contributed by atoms with E-state index in [0.29, 0.717) is 0 Å². The Morgan fingerprint density at radius 3 is 2.40 bits per heavy atom. The van der Waals surface area contributed by atoms with E-state index < -0.39 is 11.1 Å². The Morgan fingerprint density at radius 1 is 1.47 bits per heavy atom. The number of amides is 1. The first-order chi connectivity index (χ1) is 7.00. The molecule has 0 saturated carbocycles. The fraction of sp³-hybridized carbons (Fsp3) is 0.300. The number of rotatable bonds is 4. The molecule has 0 aliphatic rings. The van der Waals surface area contributed by atoms with Gasteiger partial charge in [-0.25, -0.2) is 4.21 Å². The van der Waals surface area contributed by atoms with Crippen LogP contribution in [0.25, 0.3) is 0 Å². The number of carbonyl (C=O) groups excluding carboxylic acids is 1. The van der Waals surface area contributed by atoms with Crippen molar-refractivity contribution in [1.29, 1.82) is 0 Å². The van der Waals surface area contributed by atoms with E-state index in [1.165, 1.54) is 0 Å². The molecule has 1 amide bonds. The molecule has 0 spiro atoms. The first-order valence-electron chi connectivity index (χ1n) is 4.46. The molecule has 0 bridgehead atoms. The van der Waals surface area contributed by atoms with Crippen molar-refractivity contribution in [3.63, 3.8) is 0 Å². The third kappa shape index (κ3) is 3.45. The number of hydrogen-bond donors (Lipinski definition) is 2. The molecule has 2 atom stereocenters. The lowest BCUT2D eigenvalue weighted by Gasteiger charge is -2.07. The molecule has 1 aromatic carbocycles. The average Bonchev–Trinajstić information content (AvgIpc) is 2.17. The van der Waals surface area contributed by atoms with Gasteiger partial charge in [-0.1, -0.05) is 24.3 Å². The predicted octanol–water partition coefficient (Wildman–Crippen LogP) is 0.997. The summed E-state index contributed by atoms with van der Waals surface area (Å²) < 4.78 is 19.2. The van der Waals surface area contributed by atoms with Crippen LogP contribution in [0.2, 0.25) is 0 Å². The molecule has 0 aliphatic carbocycles. The molecular formula is C10H13NO3S. The molecule has 3 N–H and O–H groups in total. The molecule has 0 radical (unpaired) electrons. The van der Waals surface area contributed by atoms with Crippen LogP contribution in [-0.4, -0.2) is 14.7 Å². The monoisotopic (exact) mass is 227 g/mol. The first kappa shape index (κ1) is 11.9. The molecule has 1 aromatic rings. The summed E-state index contributed by atoms with van der Waals surface area (Å²) in [6, 6.07) is 6.95. The second kappa shape index (κ2) is 5.04. The fourth-order valence-electron chi connectivity index (χ4n) is 1.21. The van der Waals surface area contributed by atoms with Crippen molar-refractivity contribution in [1.82, 2.24) is 0 Å². The third-order valence-electron chi connectivity index (χ3n) is 2.20. The van der Waals surface area contributed by atoms with Crippen molar-refractivity contribution in [3.8, 4) is 0 Å². The maximum atomic E-state index is 10.9. The minimum Gasteiger partial charge on any atom is -0.369 e. The normalized spacial score (nSPS) is 14.5. The highest BCUT2D eigenvalue weighted by atomic mass is 32.2. The molecule has 82 valence electrons. The van der Waals surface area contributed by atoms with Gasteiger partial charge in [0.25, 0.3) is 0 Å². The van der Waals surface area contributed by atoms with Gasteiger partial charge in [0.05, 0.1) is 11.7 Å². The molecule has 4 nitrogen and oxygen atoms in total. The third-order valence-corrected chi connectivity index (χ3v) is 2.78. The predicted molar refractivity (Wildman–Crippen MR) is 58.5 cm³/mol. The van der Waals surface area contributed by atoms with Crippen molar-refractivity contribution in [2.75, 3.05) is 0 Å². The lowest BCUT2D eigenvalue weighted by atomic mass is 10.00. The number of hydrogen-bond acceptors (Lipinski definition) is 2. The Labute approximate surface area is 90.8 Å². The van der Waals surface area contributed by atoms with Crippen molar-refractivity contribution < 1.29 is 13.6 Å². The van der Waals surface area contributed by atoms with E-state index in [0.717, 1.165) is 11.1 Å². The number of primary amides is 1. The van der Waals surface area contributed by atoms with Crippen molar-refractivity contribution in [3.05, 3.63) is 35.4 Å². The number of carbonyl (C=O) groups is 1. The maximum absolute atomic E-state index is 10.9. The van der Waals surface area contributed by atoms with Crippen LogP contribution in [0.3, 0.4) is 0 Å². The average molecular weight is 227 g/mol. The highest BCUT2D eigenvalue weighted by molar-refractivity contribution is 7.78. The van der Waals surface area contributed by atoms with Crippen LogP contribution >= 0.6 is 0 Å². The Kier molecular flexibility index (Phi) is 3.99. The number of benzene rings is 1. The largest absolute Gasteiger partial charge is 0.369 e. The Morgan fingerprint density at radius 2 is 2.00 bits per heavy atom. The van der Waals surface area contributed by atoms with Gasteiger partial charge in [0.15, 0.2) is 11.1 Å². The van der Waals surface area contributed by atoms with Crippen LogP contribution in [0.15, 0.2) is 24.3 Å². The second-order valence-electron chi connectivity index (χ2n) is 3.33. The second-order valence-corrected chi connectivity index (χ2v) is 4.26. The molecule has 15 heavy (non-hydrogen) atoms. The fourth-order valence-corrected chi connectivity index (χ4v) is 1.69. The van der Waals surface area contributed by atoms with Crippen LogP contribution < -0.4 is 5.73 Å². The van der Waals surface area contributed by atoms with Crippen LogP contribution in [0.4, 0.5) is 0 Å². The van der Waals surface area contributed by atoms with Crippen LogP contribution in [0.1, 0.15) is 24.0 Å². The zero-order valence-electron chi connectivity index (χ0n) is 8.34. The number of nitrogens with two attached hydrogens (primary N) is 1. The molecule has 0 aromatic heterocycles. The van der Waals surface area contributed by atoms with Crippen LogP contribution in [0.5, 0.6) is 0 Å². The van der Waals surface area contributed by atoms with Gasteiger partial charge >= 0.3 is 0 Å². The minimum atomic E-state index is -1.83. The van der Waals surface area contributed by atoms with Crippen molar-refractivity contribution >= 4 is 17.0 Å². The maximum Gasteiger partial charge on any atom is 0.224 e. The summed E-state index contributed by atoms with van der Waals surface area (Å²) in [4.78, 5) is 10.9. The molecule has 0 heterocycles. The van der Waals surface area contributed by atoms with E-state index in [2.05, 4.69) is 0 Å². The molecule has 1 rings (SSSR count). The van der Waals surface area contributed by atoms with Gasteiger partial charge in [0, 0.05) is 0 Å². The Hall–Kier alpha value is -1.20. The van der Waals surface area contributed by atoms with Gasteiger partial charge in [0.1, 0.15) is 0 Å². The summed E-state index contributed by atoms with van der Waals surface area (Å²) >= 11 is -1.83. The smallest absolute Gasteiger partial charge is 0.224 e. The lowest BCUT2D eigenvalue weighted by molar-refractivity contribution is -0.119. The SMILES string of the molecule is CC(C(N)=O)c1ccc(CS(=O)O)cc1. The molecule has 2 unspecified atom stereocenters. The molecule has 0 aliphatic heterocycles. The summed E-state index contributed by atoms with van der Waals surface area (Å²) in [6.07, 6.45) is 0.